The number of rotatable bonds is 7. The van der Waals surface area contributed by atoms with Gasteiger partial charge in [0.15, 0.2) is 0 Å². The van der Waals surface area contributed by atoms with E-state index >= 15 is 0 Å². The molecule has 174 valence electrons. The van der Waals surface area contributed by atoms with Crippen molar-refractivity contribution >= 4 is 33.4 Å². The number of ketones is 1. The highest BCUT2D eigenvalue weighted by Gasteiger charge is 2.46. The number of aliphatic hydroxyl groups excluding tert-OH is 1. The summed E-state index contributed by atoms with van der Waals surface area (Å²) < 4.78 is 6.56. The van der Waals surface area contributed by atoms with Crippen LogP contribution in [0.2, 0.25) is 0 Å². The average molecular weight is 521 g/mol. The Morgan fingerprint density at radius 2 is 1.91 bits per heavy atom. The predicted octanol–water partition coefficient (Wildman–Crippen LogP) is 5.56. The van der Waals surface area contributed by atoms with E-state index in [9.17, 15) is 14.7 Å². The van der Waals surface area contributed by atoms with Gasteiger partial charge in [-0.1, -0.05) is 41.1 Å². The van der Waals surface area contributed by atoms with Gasteiger partial charge in [0, 0.05) is 29.0 Å². The Balaban J connectivity index is 1.82. The summed E-state index contributed by atoms with van der Waals surface area (Å²) in [7, 11) is 0. The van der Waals surface area contributed by atoms with Crippen molar-refractivity contribution in [3.63, 3.8) is 0 Å². The number of aryl methyl sites for hydroxylation is 1. The highest BCUT2D eigenvalue weighted by molar-refractivity contribution is 9.10. The summed E-state index contributed by atoms with van der Waals surface area (Å²) in [6.07, 6.45) is 4.20. The number of hydrogen-bond donors (Lipinski definition) is 1. The van der Waals surface area contributed by atoms with E-state index in [1.54, 1.807) is 30.6 Å². The first kappa shape index (κ1) is 23.7. The molecule has 0 radical (unpaired) electrons. The van der Waals surface area contributed by atoms with Crippen LogP contribution in [-0.2, 0) is 16.1 Å². The summed E-state index contributed by atoms with van der Waals surface area (Å²) in [6.45, 7) is 4.65. The quantitative estimate of drug-likeness (QED) is 0.250. The van der Waals surface area contributed by atoms with E-state index in [-0.39, 0.29) is 17.9 Å². The number of aromatic nitrogens is 1. The van der Waals surface area contributed by atoms with Crippen LogP contribution in [0.3, 0.4) is 0 Å². The maximum Gasteiger partial charge on any atom is 0.295 e. The van der Waals surface area contributed by atoms with E-state index in [1.807, 2.05) is 50.2 Å². The molecular weight excluding hydrogens is 496 g/mol. The van der Waals surface area contributed by atoms with Crippen molar-refractivity contribution in [2.24, 2.45) is 0 Å². The lowest BCUT2D eigenvalue weighted by Crippen LogP contribution is -2.29. The van der Waals surface area contributed by atoms with E-state index in [4.69, 9.17) is 4.74 Å². The zero-order valence-corrected chi connectivity index (χ0v) is 20.6. The number of halogens is 1. The van der Waals surface area contributed by atoms with E-state index < -0.39 is 17.7 Å². The van der Waals surface area contributed by atoms with Crippen LogP contribution in [-0.4, -0.2) is 33.3 Å². The fourth-order valence-corrected chi connectivity index (χ4v) is 4.34. The van der Waals surface area contributed by atoms with Gasteiger partial charge in [0.2, 0.25) is 0 Å². The van der Waals surface area contributed by atoms with Gasteiger partial charge in [0.25, 0.3) is 11.7 Å². The van der Waals surface area contributed by atoms with Crippen LogP contribution in [0.15, 0.2) is 77.0 Å². The van der Waals surface area contributed by atoms with Crippen LogP contribution in [0.4, 0.5) is 0 Å². The number of aliphatic hydroxyl groups is 1. The molecule has 1 aromatic heterocycles. The summed E-state index contributed by atoms with van der Waals surface area (Å²) in [5.41, 5.74) is 2.83. The number of likely N-dealkylation sites (tertiary alicyclic amines) is 1. The highest BCUT2D eigenvalue weighted by Crippen LogP contribution is 2.41. The summed E-state index contributed by atoms with van der Waals surface area (Å²) in [6, 6.07) is 15.6. The van der Waals surface area contributed by atoms with Gasteiger partial charge in [-0.3, -0.25) is 14.6 Å². The number of ether oxygens (including phenoxy) is 1. The highest BCUT2D eigenvalue weighted by atomic mass is 79.9. The molecule has 4 rings (SSSR count). The molecule has 1 N–H and O–H groups in total. The normalized spacial score (nSPS) is 17.3. The first-order chi connectivity index (χ1) is 16.4. The minimum absolute atomic E-state index is 0.0709. The molecule has 0 spiro atoms. The molecule has 0 aliphatic carbocycles. The zero-order chi connectivity index (χ0) is 24.2. The standard InChI is InChI=1S/C27H25BrN2O4/c1-3-13-34-21-10-11-22(17(2)14-21)25(31)23-24(19-6-8-20(28)9-7-19)30(27(33)26(23)32)16-18-5-4-12-29-15-18/h4-12,14-15,24,31H,3,13,16H2,1-2H3/t24-/m1/s1. The Bertz CT molecular complexity index is 1240. The third-order valence-corrected chi connectivity index (χ3v) is 6.26. The molecule has 34 heavy (non-hydrogen) atoms. The lowest BCUT2D eigenvalue weighted by molar-refractivity contribution is -0.140. The van der Waals surface area contributed by atoms with Gasteiger partial charge in [-0.15, -0.1) is 0 Å². The molecule has 1 aliphatic heterocycles. The van der Waals surface area contributed by atoms with Gasteiger partial charge in [-0.2, -0.15) is 0 Å². The lowest BCUT2D eigenvalue weighted by atomic mass is 9.94. The topological polar surface area (TPSA) is 79.7 Å². The van der Waals surface area contributed by atoms with Crippen molar-refractivity contribution < 1.29 is 19.4 Å². The number of Topliss-reactive ketones (excluding diaryl/α,β-unsaturated/α-hetero) is 1. The molecule has 0 unspecified atom stereocenters. The Labute approximate surface area is 207 Å². The fourth-order valence-electron chi connectivity index (χ4n) is 4.08. The molecule has 2 heterocycles. The maximum atomic E-state index is 13.2. The molecular formula is C27H25BrN2O4. The summed E-state index contributed by atoms with van der Waals surface area (Å²) >= 11 is 3.43. The maximum absolute atomic E-state index is 13.2. The molecule has 3 aromatic rings. The molecule has 6 nitrogen and oxygen atoms in total. The largest absolute Gasteiger partial charge is 0.507 e. The van der Waals surface area contributed by atoms with Gasteiger partial charge in [0.1, 0.15) is 11.5 Å². The number of amides is 1. The third kappa shape index (κ3) is 4.75. The van der Waals surface area contributed by atoms with Crippen molar-refractivity contribution in [2.75, 3.05) is 6.61 Å². The number of benzene rings is 2. The number of carbonyl (C=O) groups excluding carboxylic acids is 2. The van der Waals surface area contributed by atoms with Crippen LogP contribution >= 0.6 is 15.9 Å². The van der Waals surface area contributed by atoms with Gasteiger partial charge < -0.3 is 14.7 Å². The van der Waals surface area contributed by atoms with Gasteiger partial charge in [-0.25, -0.2) is 0 Å². The monoisotopic (exact) mass is 520 g/mol. The summed E-state index contributed by atoms with van der Waals surface area (Å²) in [5, 5.41) is 11.3. The Hall–Kier alpha value is -3.45. The van der Waals surface area contributed by atoms with Crippen LogP contribution in [0.5, 0.6) is 5.75 Å². The molecule has 0 bridgehead atoms. The molecule has 2 aromatic carbocycles. The predicted molar refractivity (Wildman–Crippen MR) is 133 cm³/mol. The Morgan fingerprint density at radius 3 is 2.56 bits per heavy atom. The average Bonchev–Trinajstić information content (AvgIpc) is 3.08. The van der Waals surface area contributed by atoms with Gasteiger partial charge in [0.05, 0.1) is 18.2 Å². The van der Waals surface area contributed by atoms with E-state index in [0.717, 1.165) is 27.6 Å². The SMILES string of the molecule is CCCOc1ccc(C(O)=C2C(=O)C(=O)N(Cc3cccnc3)[C@@H]2c2ccc(Br)cc2)c(C)c1. The molecule has 1 aliphatic rings. The third-order valence-electron chi connectivity index (χ3n) is 5.73. The zero-order valence-electron chi connectivity index (χ0n) is 19.0. The molecule has 1 fully saturated rings. The van der Waals surface area contributed by atoms with Gasteiger partial charge in [-0.05, 0) is 66.4 Å². The van der Waals surface area contributed by atoms with E-state index in [0.29, 0.717) is 17.9 Å². The molecule has 1 amide bonds. The van der Waals surface area contributed by atoms with Crippen molar-refractivity contribution in [1.29, 1.82) is 0 Å². The molecule has 7 heteroatoms. The molecule has 0 saturated carbocycles. The van der Waals surface area contributed by atoms with Crippen LogP contribution < -0.4 is 4.74 Å². The number of hydrogen-bond acceptors (Lipinski definition) is 5. The van der Waals surface area contributed by atoms with Gasteiger partial charge >= 0.3 is 0 Å². The first-order valence-electron chi connectivity index (χ1n) is 11.1. The number of nitrogens with zero attached hydrogens (tertiary/aromatic N) is 2. The van der Waals surface area contributed by atoms with Crippen molar-refractivity contribution in [2.45, 2.75) is 32.9 Å². The van der Waals surface area contributed by atoms with Crippen LogP contribution in [0.1, 0.15) is 41.6 Å². The smallest absolute Gasteiger partial charge is 0.295 e. The van der Waals surface area contributed by atoms with Crippen LogP contribution in [0, 0.1) is 6.92 Å². The molecule has 1 saturated heterocycles. The van der Waals surface area contributed by atoms with Crippen LogP contribution in [0.25, 0.3) is 5.76 Å². The lowest BCUT2D eigenvalue weighted by Gasteiger charge is -2.25. The number of carbonyl (C=O) groups is 2. The van der Waals surface area contributed by atoms with Crippen molar-refractivity contribution in [1.82, 2.24) is 9.88 Å². The van der Waals surface area contributed by atoms with E-state index in [1.165, 1.54) is 4.90 Å². The van der Waals surface area contributed by atoms with Crippen molar-refractivity contribution in [3.05, 3.63) is 99.3 Å². The first-order valence-corrected chi connectivity index (χ1v) is 11.9. The Morgan fingerprint density at radius 1 is 1.15 bits per heavy atom. The summed E-state index contributed by atoms with van der Waals surface area (Å²) in [4.78, 5) is 32.0. The second kappa shape index (κ2) is 10.2. The molecule has 1 atom stereocenters. The fraction of sp³-hybridized carbons (Fsp3) is 0.222. The second-order valence-corrected chi connectivity index (χ2v) is 9.08. The minimum atomic E-state index is -0.733. The Kier molecular flexibility index (Phi) is 7.12. The van der Waals surface area contributed by atoms with Crippen molar-refractivity contribution in [3.8, 4) is 5.75 Å². The minimum Gasteiger partial charge on any atom is -0.507 e. The second-order valence-electron chi connectivity index (χ2n) is 8.17. The summed E-state index contributed by atoms with van der Waals surface area (Å²) in [5.74, 6) is -0.865. The number of pyridine rings is 1. The van der Waals surface area contributed by atoms with E-state index in [2.05, 4.69) is 20.9 Å².